The highest BCUT2D eigenvalue weighted by molar-refractivity contribution is 8.11. The third-order valence-electron chi connectivity index (χ3n) is 3.56. The molecule has 14 heavy (non-hydrogen) atoms. The summed E-state index contributed by atoms with van der Waals surface area (Å²) in [5.74, 6) is 1.31. The van der Waals surface area contributed by atoms with E-state index in [1.54, 1.807) is 0 Å². The molecule has 1 saturated carbocycles. The van der Waals surface area contributed by atoms with Gasteiger partial charge < -0.3 is 0 Å². The first-order valence-corrected chi connectivity index (χ1v) is 7.54. The number of hydrogen-bond donors (Lipinski definition) is 0. The zero-order valence-corrected chi connectivity index (χ0v) is 9.73. The zero-order valence-electron chi connectivity index (χ0n) is 8.15. The Balaban J connectivity index is 2.03. The minimum absolute atomic E-state index is 0.561. The van der Waals surface area contributed by atoms with E-state index < -0.39 is 9.24 Å². The van der Waals surface area contributed by atoms with Crippen molar-refractivity contribution in [3.8, 4) is 0 Å². The van der Waals surface area contributed by atoms with E-state index in [-0.39, 0.29) is 0 Å². The first kappa shape index (κ1) is 10.7. The van der Waals surface area contributed by atoms with Gasteiger partial charge in [-0.05, 0) is 24.7 Å². The molecule has 82 valence electrons. The van der Waals surface area contributed by atoms with Crippen LogP contribution in [0, 0.1) is 11.8 Å². The largest absolute Gasteiger partial charge is 0.299 e. The molecule has 0 amide bonds. The van der Waals surface area contributed by atoms with Gasteiger partial charge in [0.05, 0.1) is 0 Å². The van der Waals surface area contributed by atoms with Gasteiger partial charge in [0.2, 0.25) is 0 Å². The smallest absolute Gasteiger partial charge is 0.195 e. The van der Waals surface area contributed by atoms with Gasteiger partial charge in [0.15, 0.2) is 0 Å². The van der Waals surface area contributed by atoms with Crippen LogP contribution in [0.25, 0.3) is 0 Å². The average molecular weight is 238 g/mol. The van der Waals surface area contributed by atoms with Crippen LogP contribution in [0.4, 0.5) is 0 Å². The molecule has 1 aliphatic heterocycles. The van der Waals surface area contributed by atoms with Crippen molar-refractivity contribution in [3.05, 3.63) is 0 Å². The third-order valence-corrected chi connectivity index (χ3v) is 5.10. The molecule has 0 unspecified atom stereocenters. The summed E-state index contributed by atoms with van der Waals surface area (Å²) in [5, 5.41) is 0. The highest BCUT2D eigenvalue weighted by Crippen LogP contribution is 2.37. The Bertz CT molecular complexity index is 304. The highest BCUT2D eigenvalue weighted by Gasteiger charge is 2.34. The quantitative estimate of drug-likeness (QED) is 0.654. The summed E-state index contributed by atoms with van der Waals surface area (Å²) in [6.07, 6.45) is 6.01. The van der Waals surface area contributed by atoms with Crippen molar-refractivity contribution >= 4 is 19.9 Å². The lowest BCUT2D eigenvalue weighted by molar-refractivity contribution is 0.138. The van der Waals surface area contributed by atoms with Crippen LogP contribution >= 0.6 is 10.7 Å². The van der Waals surface area contributed by atoms with Gasteiger partial charge in [-0.3, -0.25) is 0 Å². The van der Waals surface area contributed by atoms with Crippen molar-refractivity contribution in [1.82, 2.24) is 4.31 Å². The summed E-state index contributed by atoms with van der Waals surface area (Å²) < 4.78 is 23.7. The number of rotatable bonds is 1. The van der Waals surface area contributed by atoms with Gasteiger partial charge in [-0.15, -0.1) is 0 Å². The Morgan fingerprint density at radius 2 is 1.71 bits per heavy atom. The SMILES string of the molecule is O=S(=O)(Cl)N1CC[C@H]2CCCC[C@@H]2C1. The summed E-state index contributed by atoms with van der Waals surface area (Å²) in [6.45, 7) is 1.27. The predicted molar refractivity (Wildman–Crippen MR) is 56.4 cm³/mol. The van der Waals surface area contributed by atoms with E-state index in [1.165, 1.54) is 30.0 Å². The molecule has 0 aromatic rings. The lowest BCUT2D eigenvalue weighted by atomic mass is 9.76. The van der Waals surface area contributed by atoms with Crippen LogP contribution in [-0.2, 0) is 9.24 Å². The summed E-state index contributed by atoms with van der Waals surface area (Å²) in [5.41, 5.74) is 0. The Labute approximate surface area is 90.0 Å². The molecular formula is C9H16ClNO2S. The summed E-state index contributed by atoms with van der Waals surface area (Å²) >= 11 is 0. The fraction of sp³-hybridized carbons (Fsp3) is 1.00. The Hall–Kier alpha value is 0.200. The third kappa shape index (κ3) is 2.23. The monoisotopic (exact) mass is 237 g/mol. The van der Waals surface area contributed by atoms with Crippen LogP contribution in [0.3, 0.4) is 0 Å². The normalized spacial score (nSPS) is 35.2. The molecule has 1 aliphatic carbocycles. The molecule has 2 rings (SSSR count). The maximum Gasteiger partial charge on any atom is 0.299 e. The van der Waals surface area contributed by atoms with E-state index in [9.17, 15) is 8.42 Å². The first-order chi connectivity index (χ1) is 6.57. The topological polar surface area (TPSA) is 37.4 Å². The van der Waals surface area contributed by atoms with Gasteiger partial charge in [0.25, 0.3) is 9.24 Å². The molecule has 2 aliphatic rings. The Kier molecular flexibility index (Phi) is 3.05. The van der Waals surface area contributed by atoms with E-state index in [2.05, 4.69) is 0 Å². The molecule has 2 fully saturated rings. The second-order valence-electron chi connectivity index (χ2n) is 4.39. The molecule has 0 radical (unpaired) electrons. The lowest BCUT2D eigenvalue weighted by Crippen LogP contribution is -2.43. The van der Waals surface area contributed by atoms with Crippen LogP contribution in [0.2, 0.25) is 0 Å². The van der Waals surface area contributed by atoms with Crippen molar-refractivity contribution in [3.63, 3.8) is 0 Å². The van der Waals surface area contributed by atoms with Crippen LogP contribution < -0.4 is 0 Å². The van der Waals surface area contributed by atoms with Crippen LogP contribution in [0.1, 0.15) is 32.1 Å². The molecule has 0 spiro atoms. The van der Waals surface area contributed by atoms with Gasteiger partial charge >= 0.3 is 0 Å². The first-order valence-electron chi connectivity index (χ1n) is 5.27. The molecule has 0 aromatic carbocycles. The van der Waals surface area contributed by atoms with E-state index in [1.807, 2.05) is 0 Å². The maximum atomic E-state index is 11.2. The summed E-state index contributed by atoms with van der Waals surface area (Å²) in [6, 6.07) is 0. The Morgan fingerprint density at radius 3 is 2.36 bits per heavy atom. The van der Waals surface area contributed by atoms with Gasteiger partial charge in [-0.1, -0.05) is 19.3 Å². The number of halogens is 1. The van der Waals surface area contributed by atoms with Gasteiger partial charge in [0, 0.05) is 23.8 Å². The summed E-state index contributed by atoms with van der Waals surface area (Å²) in [4.78, 5) is 0. The highest BCUT2D eigenvalue weighted by atomic mass is 35.7. The van der Waals surface area contributed by atoms with E-state index in [0.717, 1.165) is 12.3 Å². The molecule has 2 atom stereocenters. The molecule has 0 aromatic heterocycles. The number of piperidine rings is 1. The fourth-order valence-corrected chi connectivity index (χ4v) is 3.83. The van der Waals surface area contributed by atoms with Crippen LogP contribution in [0.5, 0.6) is 0 Å². The molecule has 1 saturated heterocycles. The van der Waals surface area contributed by atoms with E-state index in [0.29, 0.717) is 19.0 Å². The van der Waals surface area contributed by atoms with Crippen molar-refractivity contribution in [1.29, 1.82) is 0 Å². The standard InChI is InChI=1S/C9H16ClNO2S/c10-14(12,13)11-6-5-8-3-1-2-4-9(8)7-11/h8-9H,1-7H2/t8-,9-/m1/s1. The maximum absolute atomic E-state index is 11.2. The van der Waals surface area contributed by atoms with E-state index >= 15 is 0 Å². The molecule has 3 nitrogen and oxygen atoms in total. The van der Waals surface area contributed by atoms with Crippen molar-refractivity contribution < 1.29 is 8.42 Å². The van der Waals surface area contributed by atoms with Gasteiger partial charge in [-0.2, -0.15) is 12.7 Å². The van der Waals surface area contributed by atoms with Crippen molar-refractivity contribution in [2.24, 2.45) is 11.8 Å². The molecular weight excluding hydrogens is 222 g/mol. The van der Waals surface area contributed by atoms with Gasteiger partial charge in [-0.25, -0.2) is 0 Å². The second kappa shape index (κ2) is 3.99. The average Bonchev–Trinajstić information content (AvgIpc) is 2.16. The van der Waals surface area contributed by atoms with Crippen LogP contribution in [0.15, 0.2) is 0 Å². The Morgan fingerprint density at radius 1 is 1.07 bits per heavy atom. The number of nitrogens with zero attached hydrogens (tertiary/aromatic N) is 1. The minimum atomic E-state index is -3.47. The van der Waals surface area contributed by atoms with Crippen molar-refractivity contribution in [2.75, 3.05) is 13.1 Å². The zero-order chi connectivity index (χ0) is 10.2. The lowest BCUT2D eigenvalue weighted by Gasteiger charge is -2.39. The minimum Gasteiger partial charge on any atom is -0.195 e. The fourth-order valence-electron chi connectivity index (χ4n) is 2.77. The molecule has 0 N–H and O–H groups in total. The van der Waals surface area contributed by atoms with E-state index in [4.69, 9.17) is 10.7 Å². The van der Waals surface area contributed by atoms with Gasteiger partial charge in [0.1, 0.15) is 0 Å². The predicted octanol–water partition coefficient (Wildman–Crippen LogP) is 1.98. The number of hydrogen-bond acceptors (Lipinski definition) is 2. The molecule has 5 heteroatoms. The molecule has 0 bridgehead atoms. The van der Waals surface area contributed by atoms with Crippen molar-refractivity contribution in [2.45, 2.75) is 32.1 Å². The summed E-state index contributed by atoms with van der Waals surface area (Å²) in [7, 11) is 1.87. The number of fused-ring (bicyclic) bond motifs is 1. The molecule has 1 heterocycles. The van der Waals surface area contributed by atoms with Crippen LogP contribution in [-0.4, -0.2) is 25.8 Å². The second-order valence-corrected chi connectivity index (χ2v) is 6.90.